The van der Waals surface area contributed by atoms with Gasteiger partial charge in [0.1, 0.15) is 6.33 Å². The van der Waals surface area contributed by atoms with E-state index in [-0.39, 0.29) is 21.7 Å². The molecule has 0 spiro atoms. The van der Waals surface area contributed by atoms with Gasteiger partial charge >= 0.3 is 11.4 Å². The minimum atomic E-state index is -0.584. The van der Waals surface area contributed by atoms with Crippen LogP contribution in [0.15, 0.2) is 21.3 Å². The zero-order valence-corrected chi connectivity index (χ0v) is 10.8. The molecule has 100 valence electrons. The van der Waals surface area contributed by atoms with Gasteiger partial charge in [0.2, 0.25) is 5.82 Å². The highest BCUT2D eigenvalue weighted by molar-refractivity contribution is 7.99. The summed E-state index contributed by atoms with van der Waals surface area (Å²) in [6.07, 6.45) is 1.20. The predicted octanol–water partition coefficient (Wildman–Crippen LogP) is -0.000500. The van der Waals surface area contributed by atoms with Gasteiger partial charge in [0.25, 0.3) is 0 Å². The molecule has 19 heavy (non-hydrogen) atoms. The number of nitrogens with one attached hydrogen (secondary N) is 2. The van der Waals surface area contributed by atoms with Crippen LogP contribution in [0.4, 0.5) is 11.5 Å². The molecular weight excluding hydrogens is 274 g/mol. The first-order valence-electron chi connectivity index (χ1n) is 5.01. The van der Waals surface area contributed by atoms with Crippen molar-refractivity contribution < 1.29 is 4.92 Å². The van der Waals surface area contributed by atoms with Gasteiger partial charge < -0.3 is 5.32 Å². The molecule has 11 heteroatoms. The topological polar surface area (TPSA) is 132 Å². The molecule has 2 aromatic heterocycles. The lowest BCUT2D eigenvalue weighted by atomic mass is 10.5. The summed E-state index contributed by atoms with van der Waals surface area (Å²) in [5.74, 6) is 0.100. The molecule has 0 aromatic carbocycles. The molecule has 0 aliphatic carbocycles. The molecule has 0 aliphatic rings. The van der Waals surface area contributed by atoms with Crippen LogP contribution in [-0.2, 0) is 7.05 Å². The second-order valence-electron chi connectivity index (χ2n) is 3.36. The number of aromatic amines is 1. The number of hydrogen-bond donors (Lipinski definition) is 2. The lowest BCUT2D eigenvalue weighted by Crippen LogP contribution is -2.13. The van der Waals surface area contributed by atoms with Crippen molar-refractivity contribution in [3.63, 3.8) is 0 Å². The first-order chi connectivity index (χ1) is 9.04. The number of hydrogen-bond acceptors (Lipinski definition) is 8. The highest BCUT2D eigenvalue weighted by atomic mass is 32.2. The summed E-state index contributed by atoms with van der Waals surface area (Å²) in [5, 5.41) is 20.0. The Morgan fingerprint density at radius 2 is 2.26 bits per heavy atom. The molecule has 0 radical (unpaired) electrons. The van der Waals surface area contributed by atoms with Gasteiger partial charge in [-0.1, -0.05) is 0 Å². The number of anilines is 1. The van der Waals surface area contributed by atoms with Crippen molar-refractivity contribution in [3.05, 3.63) is 26.9 Å². The maximum Gasteiger partial charge on any atom is 0.343 e. The molecule has 2 rings (SSSR count). The van der Waals surface area contributed by atoms with Crippen LogP contribution in [0.1, 0.15) is 0 Å². The van der Waals surface area contributed by atoms with E-state index in [9.17, 15) is 14.9 Å². The van der Waals surface area contributed by atoms with Crippen LogP contribution in [-0.4, -0.2) is 36.7 Å². The molecule has 10 nitrogen and oxygen atoms in total. The molecule has 0 saturated heterocycles. The summed E-state index contributed by atoms with van der Waals surface area (Å²) < 4.78 is 1.23. The van der Waals surface area contributed by atoms with Gasteiger partial charge in [-0.3, -0.25) is 14.7 Å². The Hall–Kier alpha value is -2.43. The van der Waals surface area contributed by atoms with Gasteiger partial charge in [-0.25, -0.2) is 19.9 Å². The SMILES string of the molecule is CNc1ncnc(Sc2n[nH]c(=O)n2C)c1[N+](=O)[O-]. The standard InChI is InChI=1S/C8H9N7O3S/c1-9-5-4(15(17)18)6(11-3-10-5)19-8-13-12-7(16)14(8)2/h3H,1-2H3,(H,12,16)(H,9,10,11). The first kappa shape index (κ1) is 13.0. The van der Waals surface area contributed by atoms with E-state index >= 15 is 0 Å². The van der Waals surface area contributed by atoms with E-state index < -0.39 is 10.6 Å². The van der Waals surface area contributed by atoms with Crippen LogP contribution in [0.25, 0.3) is 0 Å². The van der Waals surface area contributed by atoms with E-state index in [1.807, 2.05) is 0 Å². The molecule has 0 atom stereocenters. The Morgan fingerprint density at radius 1 is 1.53 bits per heavy atom. The Balaban J connectivity index is 2.48. The zero-order valence-electron chi connectivity index (χ0n) is 9.95. The summed E-state index contributed by atoms with van der Waals surface area (Å²) in [7, 11) is 3.02. The highest BCUT2D eigenvalue weighted by Crippen LogP contribution is 2.34. The van der Waals surface area contributed by atoms with Crippen molar-refractivity contribution in [2.45, 2.75) is 10.2 Å². The number of aromatic nitrogens is 5. The van der Waals surface area contributed by atoms with Crippen molar-refractivity contribution in [2.75, 3.05) is 12.4 Å². The Morgan fingerprint density at radius 3 is 2.79 bits per heavy atom. The van der Waals surface area contributed by atoms with Crippen LogP contribution in [0.3, 0.4) is 0 Å². The maximum absolute atomic E-state index is 11.2. The maximum atomic E-state index is 11.2. The van der Waals surface area contributed by atoms with Gasteiger partial charge in [0.15, 0.2) is 10.2 Å². The van der Waals surface area contributed by atoms with Crippen LogP contribution >= 0.6 is 11.8 Å². The van der Waals surface area contributed by atoms with E-state index in [0.29, 0.717) is 0 Å². The summed E-state index contributed by atoms with van der Waals surface area (Å²) in [4.78, 5) is 29.3. The van der Waals surface area contributed by atoms with E-state index in [1.54, 1.807) is 0 Å². The third-order valence-electron chi connectivity index (χ3n) is 2.23. The van der Waals surface area contributed by atoms with Gasteiger partial charge in [-0.15, -0.1) is 5.10 Å². The lowest BCUT2D eigenvalue weighted by molar-refractivity contribution is -0.387. The molecule has 2 heterocycles. The molecule has 0 aliphatic heterocycles. The summed E-state index contributed by atoms with van der Waals surface area (Å²) in [6.45, 7) is 0. The van der Waals surface area contributed by atoms with Crippen molar-refractivity contribution in [2.24, 2.45) is 7.05 Å². The lowest BCUT2D eigenvalue weighted by Gasteiger charge is -2.04. The molecule has 0 unspecified atom stereocenters. The molecule has 2 aromatic rings. The third kappa shape index (κ3) is 2.40. The second-order valence-corrected chi connectivity index (χ2v) is 4.31. The van der Waals surface area contributed by atoms with Gasteiger partial charge in [0.05, 0.1) is 4.92 Å². The number of rotatable bonds is 4. The molecule has 0 amide bonds. The predicted molar refractivity (Wildman–Crippen MR) is 66.2 cm³/mol. The minimum absolute atomic E-state index is 0.100. The molecule has 2 N–H and O–H groups in total. The fraction of sp³-hybridized carbons (Fsp3) is 0.250. The van der Waals surface area contributed by atoms with Gasteiger partial charge in [-0.2, -0.15) is 0 Å². The van der Waals surface area contributed by atoms with Crippen molar-refractivity contribution in [1.82, 2.24) is 24.7 Å². The zero-order chi connectivity index (χ0) is 14.0. The van der Waals surface area contributed by atoms with Crippen molar-refractivity contribution in [1.29, 1.82) is 0 Å². The van der Waals surface area contributed by atoms with Crippen LogP contribution in [0, 0.1) is 10.1 Å². The fourth-order valence-corrected chi connectivity index (χ4v) is 2.15. The van der Waals surface area contributed by atoms with E-state index in [2.05, 4.69) is 25.5 Å². The average molecular weight is 283 g/mol. The average Bonchev–Trinajstić information content (AvgIpc) is 2.70. The molecule has 0 saturated carbocycles. The molecular formula is C8H9N7O3S. The van der Waals surface area contributed by atoms with Crippen LogP contribution < -0.4 is 11.0 Å². The number of nitrogens with zero attached hydrogens (tertiary/aromatic N) is 5. The quantitative estimate of drug-likeness (QED) is 0.455. The van der Waals surface area contributed by atoms with E-state index in [4.69, 9.17) is 0 Å². The van der Waals surface area contributed by atoms with Gasteiger partial charge in [-0.05, 0) is 11.8 Å². The first-order valence-corrected chi connectivity index (χ1v) is 5.82. The number of H-pyrrole nitrogens is 1. The van der Waals surface area contributed by atoms with Crippen molar-refractivity contribution >= 4 is 23.3 Å². The summed E-state index contributed by atoms with van der Waals surface area (Å²) in [6, 6.07) is 0. The normalized spacial score (nSPS) is 10.4. The smallest absolute Gasteiger partial charge is 0.343 e. The third-order valence-corrected chi connectivity index (χ3v) is 3.27. The largest absolute Gasteiger partial charge is 0.367 e. The minimum Gasteiger partial charge on any atom is -0.367 e. The monoisotopic (exact) mass is 283 g/mol. The van der Waals surface area contributed by atoms with Crippen LogP contribution in [0.5, 0.6) is 0 Å². The molecule has 0 bridgehead atoms. The summed E-state index contributed by atoms with van der Waals surface area (Å²) >= 11 is 0.907. The Labute approximate surface area is 110 Å². The fourth-order valence-electron chi connectivity index (χ4n) is 1.30. The Kier molecular flexibility index (Phi) is 3.46. The second kappa shape index (κ2) is 5.06. The van der Waals surface area contributed by atoms with Gasteiger partial charge in [0, 0.05) is 14.1 Å². The van der Waals surface area contributed by atoms with E-state index in [1.165, 1.54) is 25.0 Å². The Bertz CT molecular complexity index is 679. The van der Waals surface area contributed by atoms with Crippen LogP contribution in [0.2, 0.25) is 0 Å². The number of nitro groups is 1. The van der Waals surface area contributed by atoms with Crippen molar-refractivity contribution in [3.8, 4) is 0 Å². The molecule has 0 fully saturated rings. The van der Waals surface area contributed by atoms with E-state index in [0.717, 1.165) is 11.8 Å². The highest BCUT2D eigenvalue weighted by Gasteiger charge is 2.24. The summed E-state index contributed by atoms with van der Waals surface area (Å²) in [5.41, 5.74) is -0.668.